The van der Waals surface area contributed by atoms with E-state index < -0.39 is 28.9 Å². The molecule has 110 valence electrons. The van der Waals surface area contributed by atoms with E-state index in [2.05, 4.69) is 0 Å². The average Bonchev–Trinajstić information content (AvgIpc) is 2.37. The van der Waals surface area contributed by atoms with Crippen LogP contribution in [0.2, 0.25) is 0 Å². The third kappa shape index (κ3) is 2.94. The van der Waals surface area contributed by atoms with E-state index in [1.165, 1.54) is 4.90 Å². The van der Waals surface area contributed by atoms with Crippen LogP contribution in [0.1, 0.15) is 17.3 Å². The van der Waals surface area contributed by atoms with Gasteiger partial charge in [0, 0.05) is 31.3 Å². The standard InChI is InChI=1S/C13H15F3N2O2/c1-7(17)11-6-18(2-3-20-11)13(19)12-9(15)4-8(14)5-10(12)16/h4-5,7,11H,2-3,6,17H2,1H3. The molecule has 1 aliphatic rings. The van der Waals surface area contributed by atoms with E-state index in [0.29, 0.717) is 12.1 Å². The van der Waals surface area contributed by atoms with Crippen LogP contribution in [0.25, 0.3) is 0 Å². The van der Waals surface area contributed by atoms with Gasteiger partial charge < -0.3 is 15.4 Å². The fraction of sp³-hybridized carbons (Fsp3) is 0.462. The molecule has 2 N–H and O–H groups in total. The summed E-state index contributed by atoms with van der Waals surface area (Å²) in [7, 11) is 0. The van der Waals surface area contributed by atoms with Gasteiger partial charge in [0.05, 0.1) is 12.7 Å². The van der Waals surface area contributed by atoms with Crippen molar-refractivity contribution < 1.29 is 22.7 Å². The maximum atomic E-state index is 13.6. The molecule has 1 heterocycles. The molecule has 0 bridgehead atoms. The normalized spacial score (nSPS) is 20.9. The molecular formula is C13H15F3N2O2. The molecule has 2 unspecified atom stereocenters. The molecule has 7 heteroatoms. The summed E-state index contributed by atoms with van der Waals surface area (Å²) in [5.74, 6) is -4.31. The minimum absolute atomic E-state index is 0.146. The van der Waals surface area contributed by atoms with Crippen molar-refractivity contribution in [3.8, 4) is 0 Å². The van der Waals surface area contributed by atoms with Crippen molar-refractivity contribution in [2.24, 2.45) is 5.73 Å². The lowest BCUT2D eigenvalue weighted by Crippen LogP contribution is -2.51. The van der Waals surface area contributed by atoms with Crippen LogP contribution in [0.15, 0.2) is 12.1 Å². The molecule has 0 aromatic heterocycles. The van der Waals surface area contributed by atoms with Crippen molar-refractivity contribution in [3.05, 3.63) is 35.1 Å². The predicted octanol–water partition coefficient (Wildman–Crippen LogP) is 1.29. The summed E-state index contributed by atoms with van der Waals surface area (Å²) in [6.45, 7) is 2.31. The summed E-state index contributed by atoms with van der Waals surface area (Å²) < 4.78 is 45.4. The van der Waals surface area contributed by atoms with Crippen LogP contribution in [0.4, 0.5) is 13.2 Å². The summed E-state index contributed by atoms with van der Waals surface area (Å²) >= 11 is 0. The first-order valence-electron chi connectivity index (χ1n) is 6.21. The fourth-order valence-corrected chi connectivity index (χ4v) is 2.08. The van der Waals surface area contributed by atoms with Crippen LogP contribution in [-0.4, -0.2) is 42.6 Å². The molecule has 1 saturated heterocycles. The van der Waals surface area contributed by atoms with Crippen molar-refractivity contribution >= 4 is 5.91 Å². The van der Waals surface area contributed by atoms with Gasteiger partial charge in [-0.15, -0.1) is 0 Å². The van der Waals surface area contributed by atoms with E-state index in [-0.39, 0.29) is 31.8 Å². The highest BCUT2D eigenvalue weighted by atomic mass is 19.1. The minimum atomic E-state index is -1.21. The SMILES string of the molecule is CC(N)C1CN(C(=O)c2c(F)cc(F)cc2F)CCO1. The van der Waals surface area contributed by atoms with Gasteiger partial charge in [-0.25, -0.2) is 13.2 Å². The molecule has 20 heavy (non-hydrogen) atoms. The van der Waals surface area contributed by atoms with Crippen LogP contribution in [0, 0.1) is 17.5 Å². The fourth-order valence-electron chi connectivity index (χ4n) is 2.08. The van der Waals surface area contributed by atoms with Gasteiger partial charge in [0.25, 0.3) is 5.91 Å². The number of amides is 1. The highest BCUT2D eigenvalue weighted by Gasteiger charge is 2.30. The van der Waals surface area contributed by atoms with E-state index in [1.54, 1.807) is 6.92 Å². The number of nitrogens with zero attached hydrogens (tertiary/aromatic N) is 1. The molecule has 1 aliphatic heterocycles. The molecule has 0 saturated carbocycles. The molecule has 1 amide bonds. The Kier molecular flexibility index (Phi) is 4.29. The summed E-state index contributed by atoms with van der Waals surface area (Å²) in [6.07, 6.45) is -0.390. The summed E-state index contributed by atoms with van der Waals surface area (Å²) in [6, 6.07) is 0.660. The van der Waals surface area contributed by atoms with Gasteiger partial charge in [0.1, 0.15) is 23.0 Å². The van der Waals surface area contributed by atoms with Gasteiger partial charge in [-0.1, -0.05) is 0 Å². The van der Waals surface area contributed by atoms with E-state index in [0.717, 1.165) is 0 Å². The number of carbonyl (C=O) groups excluding carboxylic acids is 1. The molecule has 2 atom stereocenters. The van der Waals surface area contributed by atoms with Crippen LogP contribution >= 0.6 is 0 Å². The Bertz CT molecular complexity index is 499. The predicted molar refractivity (Wildman–Crippen MR) is 65.6 cm³/mol. The quantitative estimate of drug-likeness (QED) is 0.892. The number of ether oxygens (including phenoxy) is 1. The first kappa shape index (κ1) is 14.8. The van der Waals surface area contributed by atoms with Crippen molar-refractivity contribution in [2.45, 2.75) is 19.1 Å². The van der Waals surface area contributed by atoms with Gasteiger partial charge >= 0.3 is 0 Å². The monoisotopic (exact) mass is 288 g/mol. The minimum Gasteiger partial charge on any atom is -0.373 e. The molecule has 1 aromatic rings. The second kappa shape index (κ2) is 5.80. The molecule has 0 aliphatic carbocycles. The number of benzene rings is 1. The molecular weight excluding hydrogens is 273 g/mol. The van der Waals surface area contributed by atoms with Gasteiger partial charge in [-0.3, -0.25) is 4.79 Å². The Balaban J connectivity index is 2.23. The first-order valence-corrected chi connectivity index (χ1v) is 6.21. The zero-order chi connectivity index (χ0) is 14.9. The lowest BCUT2D eigenvalue weighted by atomic mass is 10.1. The molecule has 1 aromatic carbocycles. The molecule has 1 fully saturated rings. The van der Waals surface area contributed by atoms with Crippen molar-refractivity contribution in [3.63, 3.8) is 0 Å². The summed E-state index contributed by atoms with van der Waals surface area (Å²) in [5.41, 5.74) is 4.93. The Morgan fingerprint density at radius 2 is 2.00 bits per heavy atom. The number of halogens is 3. The van der Waals surface area contributed by atoms with E-state index in [4.69, 9.17) is 10.5 Å². The maximum absolute atomic E-state index is 13.6. The number of hydrogen-bond acceptors (Lipinski definition) is 3. The summed E-state index contributed by atoms with van der Waals surface area (Å²) in [4.78, 5) is 13.4. The van der Waals surface area contributed by atoms with Gasteiger partial charge in [-0.05, 0) is 6.92 Å². The number of hydrogen-bond donors (Lipinski definition) is 1. The second-order valence-electron chi connectivity index (χ2n) is 4.76. The van der Waals surface area contributed by atoms with E-state index >= 15 is 0 Å². The third-order valence-corrected chi connectivity index (χ3v) is 3.19. The number of nitrogens with two attached hydrogens (primary N) is 1. The van der Waals surface area contributed by atoms with Crippen LogP contribution in [0.5, 0.6) is 0 Å². The van der Waals surface area contributed by atoms with Gasteiger partial charge in [0.15, 0.2) is 0 Å². The van der Waals surface area contributed by atoms with Gasteiger partial charge in [0.2, 0.25) is 0 Å². The maximum Gasteiger partial charge on any atom is 0.260 e. The van der Waals surface area contributed by atoms with Crippen molar-refractivity contribution in [1.82, 2.24) is 4.90 Å². The van der Waals surface area contributed by atoms with Crippen LogP contribution < -0.4 is 5.73 Å². The first-order chi connectivity index (χ1) is 9.40. The van der Waals surface area contributed by atoms with Crippen LogP contribution in [0.3, 0.4) is 0 Å². The molecule has 0 spiro atoms. The van der Waals surface area contributed by atoms with Crippen molar-refractivity contribution in [1.29, 1.82) is 0 Å². The lowest BCUT2D eigenvalue weighted by Gasteiger charge is -2.34. The highest BCUT2D eigenvalue weighted by molar-refractivity contribution is 5.94. The lowest BCUT2D eigenvalue weighted by molar-refractivity contribution is -0.0302. The number of rotatable bonds is 2. The Morgan fingerprint density at radius 3 is 2.55 bits per heavy atom. The second-order valence-corrected chi connectivity index (χ2v) is 4.76. The number of morpholine rings is 1. The summed E-state index contributed by atoms with van der Waals surface area (Å²) in [5, 5.41) is 0. The zero-order valence-corrected chi connectivity index (χ0v) is 10.9. The number of carbonyl (C=O) groups is 1. The Labute approximate surface area is 114 Å². The molecule has 0 radical (unpaired) electrons. The largest absolute Gasteiger partial charge is 0.373 e. The zero-order valence-electron chi connectivity index (χ0n) is 10.9. The molecule has 2 rings (SSSR count). The molecule has 4 nitrogen and oxygen atoms in total. The average molecular weight is 288 g/mol. The van der Waals surface area contributed by atoms with Crippen molar-refractivity contribution in [2.75, 3.05) is 19.7 Å². The Hall–Kier alpha value is -1.60. The van der Waals surface area contributed by atoms with Gasteiger partial charge in [-0.2, -0.15) is 0 Å². The van der Waals surface area contributed by atoms with Crippen LogP contribution in [-0.2, 0) is 4.74 Å². The Morgan fingerprint density at radius 1 is 1.40 bits per heavy atom. The third-order valence-electron chi connectivity index (χ3n) is 3.19. The van der Waals surface area contributed by atoms with E-state index in [1.807, 2.05) is 0 Å². The highest BCUT2D eigenvalue weighted by Crippen LogP contribution is 2.19. The van der Waals surface area contributed by atoms with E-state index in [9.17, 15) is 18.0 Å². The smallest absolute Gasteiger partial charge is 0.260 e. The topological polar surface area (TPSA) is 55.6 Å².